The molecule has 3 nitrogen and oxygen atoms in total. The predicted octanol–water partition coefficient (Wildman–Crippen LogP) is 3.16. The van der Waals surface area contributed by atoms with Crippen molar-refractivity contribution in [2.45, 2.75) is 38.8 Å². The van der Waals surface area contributed by atoms with Crippen LogP contribution in [0.15, 0.2) is 24.3 Å². The molecule has 110 valence electrons. The summed E-state index contributed by atoms with van der Waals surface area (Å²) in [5.74, 6) is 2.20. The number of fused-ring (bicyclic) bond motifs is 1. The predicted molar refractivity (Wildman–Crippen MR) is 80.0 cm³/mol. The maximum Gasteiger partial charge on any atom is 0.124 e. The average molecular weight is 275 g/mol. The summed E-state index contributed by atoms with van der Waals surface area (Å²) < 4.78 is 11.6. The highest BCUT2D eigenvalue weighted by molar-refractivity contribution is 5.37. The number of hydrogen-bond donors (Lipinski definition) is 1. The van der Waals surface area contributed by atoms with Crippen molar-refractivity contribution in [2.24, 2.45) is 11.8 Å². The Bertz CT molecular complexity index is 448. The second-order valence-electron chi connectivity index (χ2n) is 6.08. The van der Waals surface area contributed by atoms with Crippen molar-refractivity contribution < 1.29 is 9.47 Å². The summed E-state index contributed by atoms with van der Waals surface area (Å²) in [6, 6.07) is 8.80. The molecular weight excluding hydrogens is 250 g/mol. The first-order chi connectivity index (χ1) is 9.79. The molecule has 2 aliphatic rings. The summed E-state index contributed by atoms with van der Waals surface area (Å²) in [6.07, 6.45) is 2.74. The highest BCUT2D eigenvalue weighted by Crippen LogP contribution is 2.35. The summed E-state index contributed by atoms with van der Waals surface area (Å²) in [5.41, 5.74) is 1.30. The lowest BCUT2D eigenvalue weighted by molar-refractivity contribution is 0.0848. The zero-order valence-corrected chi connectivity index (χ0v) is 12.5. The Morgan fingerprint density at radius 1 is 1.30 bits per heavy atom. The van der Waals surface area contributed by atoms with Crippen molar-refractivity contribution >= 4 is 0 Å². The monoisotopic (exact) mass is 275 g/mol. The SMILES string of the molecule is CCC1OCCC1CNC1c2ccccc2OCC1C. The van der Waals surface area contributed by atoms with Crippen LogP contribution in [0, 0.1) is 11.8 Å². The van der Waals surface area contributed by atoms with E-state index in [9.17, 15) is 0 Å². The van der Waals surface area contributed by atoms with E-state index >= 15 is 0 Å². The third kappa shape index (κ3) is 2.70. The molecule has 4 atom stereocenters. The lowest BCUT2D eigenvalue weighted by atomic mass is 9.91. The second kappa shape index (κ2) is 6.15. The van der Waals surface area contributed by atoms with Crippen LogP contribution in [0.25, 0.3) is 0 Å². The highest BCUT2D eigenvalue weighted by atomic mass is 16.5. The first-order valence-electron chi connectivity index (χ1n) is 7.86. The zero-order valence-electron chi connectivity index (χ0n) is 12.5. The fourth-order valence-corrected chi connectivity index (χ4v) is 3.46. The molecule has 3 heteroatoms. The van der Waals surface area contributed by atoms with Crippen molar-refractivity contribution in [3.8, 4) is 5.75 Å². The van der Waals surface area contributed by atoms with E-state index < -0.39 is 0 Å². The van der Waals surface area contributed by atoms with Gasteiger partial charge in [0.2, 0.25) is 0 Å². The Morgan fingerprint density at radius 3 is 3.00 bits per heavy atom. The van der Waals surface area contributed by atoms with Crippen LogP contribution in [-0.2, 0) is 4.74 Å². The molecule has 0 radical (unpaired) electrons. The van der Waals surface area contributed by atoms with Gasteiger partial charge in [-0.05, 0) is 24.8 Å². The van der Waals surface area contributed by atoms with Gasteiger partial charge in [0.05, 0.1) is 12.7 Å². The lowest BCUT2D eigenvalue weighted by Gasteiger charge is -2.33. The molecule has 1 saturated heterocycles. The minimum Gasteiger partial charge on any atom is -0.493 e. The standard InChI is InChI=1S/C17H25NO2/c1-3-15-13(8-9-19-15)10-18-17-12(2)11-20-16-7-5-4-6-14(16)17/h4-7,12-13,15,17-18H,3,8-11H2,1-2H3. The Hall–Kier alpha value is -1.06. The molecule has 1 fully saturated rings. The topological polar surface area (TPSA) is 30.5 Å². The van der Waals surface area contributed by atoms with Gasteiger partial charge in [0.25, 0.3) is 0 Å². The molecule has 0 aliphatic carbocycles. The Kier molecular flexibility index (Phi) is 4.27. The van der Waals surface area contributed by atoms with E-state index in [0.29, 0.717) is 24.0 Å². The van der Waals surface area contributed by atoms with Crippen LogP contribution in [0.5, 0.6) is 5.75 Å². The summed E-state index contributed by atoms with van der Waals surface area (Å²) >= 11 is 0. The molecule has 20 heavy (non-hydrogen) atoms. The number of nitrogens with one attached hydrogen (secondary N) is 1. The van der Waals surface area contributed by atoms with E-state index in [0.717, 1.165) is 31.9 Å². The summed E-state index contributed by atoms with van der Waals surface area (Å²) in [5, 5.41) is 3.77. The number of hydrogen-bond acceptors (Lipinski definition) is 3. The van der Waals surface area contributed by atoms with Gasteiger partial charge in [-0.25, -0.2) is 0 Å². The zero-order chi connectivity index (χ0) is 13.9. The Morgan fingerprint density at radius 2 is 2.15 bits per heavy atom. The molecule has 0 spiro atoms. The van der Waals surface area contributed by atoms with Crippen LogP contribution in [0.4, 0.5) is 0 Å². The van der Waals surface area contributed by atoms with Crippen LogP contribution in [-0.4, -0.2) is 25.9 Å². The van der Waals surface area contributed by atoms with Crippen molar-refractivity contribution in [1.29, 1.82) is 0 Å². The normalized spacial score (nSPS) is 32.7. The second-order valence-corrected chi connectivity index (χ2v) is 6.08. The molecule has 0 bridgehead atoms. The fourth-order valence-electron chi connectivity index (χ4n) is 3.46. The van der Waals surface area contributed by atoms with Gasteiger partial charge in [0.15, 0.2) is 0 Å². The third-order valence-electron chi connectivity index (χ3n) is 4.67. The van der Waals surface area contributed by atoms with Crippen LogP contribution in [0.3, 0.4) is 0 Å². The van der Waals surface area contributed by atoms with Crippen LogP contribution in [0.1, 0.15) is 38.3 Å². The Labute approximate surface area is 121 Å². The molecule has 1 N–H and O–H groups in total. The molecule has 2 aliphatic heterocycles. The summed E-state index contributed by atoms with van der Waals surface area (Å²) in [4.78, 5) is 0. The van der Waals surface area contributed by atoms with Crippen LogP contribution in [0.2, 0.25) is 0 Å². The fraction of sp³-hybridized carbons (Fsp3) is 0.647. The van der Waals surface area contributed by atoms with Gasteiger partial charge < -0.3 is 14.8 Å². The van der Waals surface area contributed by atoms with Gasteiger partial charge in [-0.2, -0.15) is 0 Å². The third-order valence-corrected chi connectivity index (χ3v) is 4.67. The smallest absolute Gasteiger partial charge is 0.124 e. The highest BCUT2D eigenvalue weighted by Gasteiger charge is 2.31. The molecule has 1 aromatic rings. The number of ether oxygens (including phenoxy) is 2. The van der Waals surface area contributed by atoms with E-state index in [1.807, 2.05) is 6.07 Å². The molecule has 2 heterocycles. The largest absolute Gasteiger partial charge is 0.493 e. The van der Waals surface area contributed by atoms with Gasteiger partial charge in [0, 0.05) is 30.7 Å². The number of rotatable bonds is 4. The molecule has 4 unspecified atom stereocenters. The van der Waals surface area contributed by atoms with E-state index in [1.165, 1.54) is 12.0 Å². The molecule has 3 rings (SSSR count). The maximum atomic E-state index is 5.82. The van der Waals surface area contributed by atoms with E-state index in [4.69, 9.17) is 9.47 Å². The molecule has 0 aromatic heterocycles. The van der Waals surface area contributed by atoms with E-state index in [2.05, 4.69) is 37.4 Å². The summed E-state index contributed by atoms with van der Waals surface area (Å²) in [6.45, 7) is 7.24. The molecule has 0 saturated carbocycles. The molecule has 0 amide bonds. The van der Waals surface area contributed by atoms with Gasteiger partial charge in [-0.3, -0.25) is 0 Å². The van der Waals surface area contributed by atoms with Crippen molar-refractivity contribution in [1.82, 2.24) is 5.32 Å². The lowest BCUT2D eigenvalue weighted by Crippen LogP contribution is -2.38. The average Bonchev–Trinajstić information content (AvgIpc) is 2.94. The summed E-state index contributed by atoms with van der Waals surface area (Å²) in [7, 11) is 0. The van der Waals surface area contributed by atoms with Gasteiger partial charge in [-0.1, -0.05) is 32.0 Å². The van der Waals surface area contributed by atoms with Gasteiger partial charge in [-0.15, -0.1) is 0 Å². The number of benzene rings is 1. The van der Waals surface area contributed by atoms with Crippen LogP contribution >= 0.6 is 0 Å². The van der Waals surface area contributed by atoms with Gasteiger partial charge in [0.1, 0.15) is 5.75 Å². The first-order valence-corrected chi connectivity index (χ1v) is 7.86. The van der Waals surface area contributed by atoms with E-state index in [-0.39, 0.29) is 0 Å². The number of para-hydroxylation sites is 1. The molecular formula is C17H25NO2. The minimum absolute atomic E-state index is 0.401. The maximum absolute atomic E-state index is 5.82. The first kappa shape index (κ1) is 13.9. The van der Waals surface area contributed by atoms with Crippen LogP contribution < -0.4 is 10.1 Å². The van der Waals surface area contributed by atoms with E-state index in [1.54, 1.807) is 0 Å². The van der Waals surface area contributed by atoms with Crippen molar-refractivity contribution in [3.63, 3.8) is 0 Å². The molecule has 1 aromatic carbocycles. The van der Waals surface area contributed by atoms with Crippen molar-refractivity contribution in [3.05, 3.63) is 29.8 Å². The Balaban J connectivity index is 1.67. The minimum atomic E-state index is 0.401. The van der Waals surface area contributed by atoms with Gasteiger partial charge >= 0.3 is 0 Å². The quantitative estimate of drug-likeness (QED) is 0.915. The van der Waals surface area contributed by atoms with Crippen molar-refractivity contribution in [2.75, 3.05) is 19.8 Å².